The third-order valence-electron chi connectivity index (χ3n) is 7.95. The number of methoxy groups -OCH3 is 2. The summed E-state index contributed by atoms with van der Waals surface area (Å²) >= 11 is 2.15. The maximum absolute atomic E-state index is 11.3. The topological polar surface area (TPSA) is 116 Å². The average Bonchev–Trinajstić information content (AvgIpc) is 3.64. The molecule has 6 rings (SSSR count). The Morgan fingerprint density at radius 2 is 1.57 bits per heavy atom. The minimum atomic E-state index is -1.04. The normalized spacial score (nSPS) is 18.3. The Balaban J connectivity index is 1.35. The Hall–Kier alpha value is -4.11. The zero-order valence-electron chi connectivity index (χ0n) is 25.9. The number of aliphatic hydroxyl groups excluding tert-OH is 1. The number of aliphatic hydroxyl groups is 1. The lowest BCUT2D eigenvalue weighted by atomic mass is 9.80. The van der Waals surface area contributed by atoms with E-state index in [0.29, 0.717) is 21.6 Å². The minimum Gasteiger partial charge on any atom is -0.497 e. The molecule has 46 heavy (non-hydrogen) atoms. The van der Waals surface area contributed by atoms with Crippen LogP contribution in [0.15, 0.2) is 90.2 Å². The van der Waals surface area contributed by atoms with Crippen molar-refractivity contribution in [1.82, 2.24) is 24.6 Å². The van der Waals surface area contributed by atoms with Gasteiger partial charge >= 0.3 is 0 Å². The average molecular weight is 735 g/mol. The summed E-state index contributed by atoms with van der Waals surface area (Å²) in [4.78, 5) is 15.2. The second kappa shape index (κ2) is 13.7. The molecule has 238 valence electrons. The van der Waals surface area contributed by atoms with Gasteiger partial charge in [-0.2, -0.15) is 5.10 Å². The van der Waals surface area contributed by atoms with E-state index in [9.17, 15) is 5.11 Å². The van der Waals surface area contributed by atoms with Gasteiger partial charge < -0.3 is 29.0 Å². The minimum absolute atomic E-state index is 0.0915. The lowest BCUT2D eigenvalue weighted by molar-refractivity contribution is -0.0950. The molecule has 0 radical (unpaired) electrons. The van der Waals surface area contributed by atoms with Crippen LogP contribution in [0.5, 0.6) is 11.5 Å². The highest BCUT2D eigenvalue weighted by atomic mass is 127. The van der Waals surface area contributed by atoms with Gasteiger partial charge in [0.15, 0.2) is 17.7 Å². The molecule has 0 amide bonds. The van der Waals surface area contributed by atoms with Gasteiger partial charge in [0, 0.05) is 20.5 Å². The standard InChI is InChI=1S/C34H35IN6O5/c1-40(2)21-38-32-30-31(35)39-41(33(30)37-20-36-32)29-18-27(42)28(46-29)19-45-34(22-8-6-5-7-9-22,23-10-14-25(43-3)15-11-23)24-12-16-26(44-4)17-13-24/h5-17,20-21,27-29,42H,18-19H2,1-4H3/b38-21+/t27-,28+,29+/m0/s1. The van der Waals surface area contributed by atoms with Crippen LogP contribution >= 0.6 is 22.6 Å². The van der Waals surface area contributed by atoms with Crippen LogP contribution in [0.2, 0.25) is 0 Å². The SMILES string of the molecule is COc1ccc(C(OC[C@H]2O[C@@H](n3nc(I)c4c(/N=C/N(C)C)ncnc43)C[C@@H]2O)(c2ccccc2)c2ccc(OC)cc2)cc1. The van der Waals surface area contributed by atoms with Gasteiger partial charge in [0.05, 0.1) is 38.7 Å². The molecule has 0 aliphatic carbocycles. The first kappa shape index (κ1) is 31.9. The molecule has 3 heterocycles. The quantitative estimate of drug-likeness (QED) is 0.0833. The van der Waals surface area contributed by atoms with Gasteiger partial charge in [-0.15, -0.1) is 0 Å². The molecule has 1 N–H and O–H groups in total. The zero-order chi connectivity index (χ0) is 32.3. The van der Waals surface area contributed by atoms with E-state index in [4.69, 9.17) is 24.0 Å². The molecule has 0 saturated carbocycles. The third kappa shape index (κ3) is 6.17. The van der Waals surface area contributed by atoms with Crippen molar-refractivity contribution >= 4 is 45.8 Å². The molecular formula is C34H35IN6O5. The molecular weight excluding hydrogens is 699 g/mol. The first-order valence-corrected chi connectivity index (χ1v) is 15.8. The van der Waals surface area contributed by atoms with Crippen molar-refractivity contribution < 1.29 is 24.1 Å². The number of aromatic nitrogens is 4. The molecule has 1 saturated heterocycles. The van der Waals surface area contributed by atoms with Crippen LogP contribution < -0.4 is 9.47 Å². The van der Waals surface area contributed by atoms with Gasteiger partial charge in [-0.3, -0.25) is 0 Å². The van der Waals surface area contributed by atoms with Crippen molar-refractivity contribution in [3.05, 3.63) is 106 Å². The van der Waals surface area contributed by atoms with Crippen LogP contribution in [0.25, 0.3) is 11.0 Å². The number of fused-ring (bicyclic) bond motifs is 1. The molecule has 12 heteroatoms. The van der Waals surface area contributed by atoms with Crippen molar-refractivity contribution in [1.29, 1.82) is 0 Å². The van der Waals surface area contributed by atoms with E-state index in [1.807, 2.05) is 97.9 Å². The fourth-order valence-corrected chi connectivity index (χ4v) is 6.40. The van der Waals surface area contributed by atoms with E-state index in [-0.39, 0.29) is 6.61 Å². The molecule has 1 fully saturated rings. The number of halogens is 1. The van der Waals surface area contributed by atoms with E-state index in [1.165, 1.54) is 6.33 Å². The van der Waals surface area contributed by atoms with Crippen molar-refractivity contribution in [2.45, 2.75) is 30.5 Å². The zero-order valence-corrected chi connectivity index (χ0v) is 28.1. The maximum Gasteiger partial charge on any atom is 0.169 e. The Bertz CT molecular complexity index is 1750. The fourth-order valence-electron chi connectivity index (χ4n) is 5.68. The Morgan fingerprint density at radius 3 is 2.15 bits per heavy atom. The van der Waals surface area contributed by atoms with Crippen molar-refractivity contribution in [3.8, 4) is 11.5 Å². The molecule has 0 unspecified atom stereocenters. The summed E-state index contributed by atoms with van der Waals surface area (Å²) in [6.45, 7) is 0.0915. The van der Waals surface area contributed by atoms with Gasteiger partial charge in [-0.1, -0.05) is 54.6 Å². The number of nitrogens with zero attached hydrogens (tertiary/aromatic N) is 6. The van der Waals surface area contributed by atoms with Crippen molar-refractivity contribution in [2.24, 2.45) is 4.99 Å². The van der Waals surface area contributed by atoms with Gasteiger partial charge in [-0.25, -0.2) is 19.6 Å². The van der Waals surface area contributed by atoms with E-state index >= 15 is 0 Å². The fraction of sp³-hybridized carbons (Fsp3) is 0.294. The summed E-state index contributed by atoms with van der Waals surface area (Å²) in [5, 5.41) is 16.8. The largest absolute Gasteiger partial charge is 0.497 e. The van der Waals surface area contributed by atoms with Crippen LogP contribution in [0.3, 0.4) is 0 Å². The predicted molar refractivity (Wildman–Crippen MR) is 183 cm³/mol. The molecule has 0 spiro atoms. The Kier molecular flexibility index (Phi) is 9.49. The van der Waals surface area contributed by atoms with Crippen LogP contribution in [0.1, 0.15) is 29.3 Å². The van der Waals surface area contributed by atoms with Crippen molar-refractivity contribution in [2.75, 3.05) is 34.9 Å². The summed E-state index contributed by atoms with van der Waals surface area (Å²) in [5.74, 6) is 1.98. The molecule has 1 aliphatic rings. The molecule has 1 aliphatic heterocycles. The van der Waals surface area contributed by atoms with Crippen LogP contribution in [0.4, 0.5) is 5.82 Å². The first-order valence-electron chi connectivity index (χ1n) is 14.8. The van der Waals surface area contributed by atoms with E-state index in [1.54, 1.807) is 25.2 Å². The summed E-state index contributed by atoms with van der Waals surface area (Å²) < 4.78 is 26.8. The smallest absolute Gasteiger partial charge is 0.169 e. The second-order valence-electron chi connectivity index (χ2n) is 11.1. The van der Waals surface area contributed by atoms with Crippen LogP contribution in [0, 0.1) is 3.70 Å². The van der Waals surface area contributed by atoms with Crippen LogP contribution in [-0.2, 0) is 15.1 Å². The Morgan fingerprint density at radius 1 is 0.957 bits per heavy atom. The summed E-state index contributed by atoms with van der Waals surface area (Å²) in [6.07, 6.45) is 1.43. The molecule has 11 nitrogen and oxygen atoms in total. The number of hydrogen-bond acceptors (Lipinski definition) is 9. The van der Waals surface area contributed by atoms with E-state index < -0.39 is 24.0 Å². The third-order valence-corrected chi connectivity index (χ3v) is 8.71. The molecule has 3 aromatic carbocycles. The number of aliphatic imine (C=N–C) groups is 1. The maximum atomic E-state index is 11.3. The molecule has 5 aromatic rings. The lowest BCUT2D eigenvalue weighted by Crippen LogP contribution is -2.38. The lowest BCUT2D eigenvalue weighted by Gasteiger charge is -2.37. The highest BCUT2D eigenvalue weighted by Gasteiger charge is 2.42. The number of hydrogen-bond donors (Lipinski definition) is 1. The van der Waals surface area contributed by atoms with E-state index in [0.717, 1.165) is 33.6 Å². The number of rotatable bonds is 11. The van der Waals surface area contributed by atoms with E-state index in [2.05, 4.69) is 37.6 Å². The van der Waals surface area contributed by atoms with Gasteiger partial charge in [0.2, 0.25) is 0 Å². The molecule has 3 atom stereocenters. The highest BCUT2D eigenvalue weighted by Crippen LogP contribution is 2.43. The van der Waals surface area contributed by atoms with Gasteiger partial charge in [-0.05, 0) is 63.5 Å². The number of benzene rings is 3. The molecule has 2 aromatic heterocycles. The second-order valence-corrected chi connectivity index (χ2v) is 12.1. The highest BCUT2D eigenvalue weighted by molar-refractivity contribution is 14.1. The summed E-state index contributed by atoms with van der Waals surface area (Å²) in [5.41, 5.74) is 2.25. The van der Waals surface area contributed by atoms with Crippen LogP contribution in [-0.4, -0.2) is 83.2 Å². The Labute approximate surface area is 281 Å². The van der Waals surface area contributed by atoms with Crippen molar-refractivity contribution in [3.63, 3.8) is 0 Å². The summed E-state index contributed by atoms with van der Waals surface area (Å²) in [7, 11) is 7.06. The number of ether oxygens (including phenoxy) is 4. The predicted octanol–water partition coefficient (Wildman–Crippen LogP) is 5.33. The molecule has 0 bridgehead atoms. The summed E-state index contributed by atoms with van der Waals surface area (Å²) in [6, 6.07) is 25.7. The monoisotopic (exact) mass is 734 g/mol. The van der Waals surface area contributed by atoms with Gasteiger partial charge in [0.1, 0.15) is 33.2 Å². The first-order chi connectivity index (χ1) is 22.3. The van der Waals surface area contributed by atoms with Gasteiger partial charge in [0.25, 0.3) is 0 Å².